The Balaban J connectivity index is 1.99. The van der Waals surface area contributed by atoms with Gasteiger partial charge in [-0.05, 0) is 46.0 Å². The third kappa shape index (κ3) is 2.28. The van der Waals surface area contributed by atoms with Crippen LogP contribution in [-0.4, -0.2) is 0 Å². The summed E-state index contributed by atoms with van der Waals surface area (Å²) in [5, 5.41) is 0.101. The molecule has 0 aromatic heterocycles. The van der Waals surface area contributed by atoms with Crippen molar-refractivity contribution in [3.8, 4) is 0 Å². The van der Waals surface area contributed by atoms with Crippen LogP contribution in [0.5, 0.6) is 0 Å². The monoisotopic (exact) mass is 353 g/mol. The maximum absolute atomic E-state index is 14.3. The van der Waals surface area contributed by atoms with E-state index < -0.39 is 5.82 Å². The maximum Gasteiger partial charge on any atom is 0.147 e. The first-order valence-corrected chi connectivity index (χ1v) is 7.73. The highest BCUT2D eigenvalue weighted by atomic mass is 79.9. The second-order valence-corrected chi connectivity index (χ2v) is 6.37. The minimum Gasteiger partial charge on any atom is -0.323 e. The van der Waals surface area contributed by atoms with Crippen molar-refractivity contribution < 1.29 is 4.39 Å². The van der Waals surface area contributed by atoms with Crippen LogP contribution in [0.1, 0.15) is 35.1 Å². The van der Waals surface area contributed by atoms with Gasteiger partial charge in [-0.1, -0.05) is 41.9 Å². The molecule has 0 amide bonds. The van der Waals surface area contributed by atoms with Gasteiger partial charge in [0, 0.05) is 22.0 Å². The zero-order valence-corrected chi connectivity index (χ0v) is 13.1. The molecule has 0 bridgehead atoms. The molecule has 0 saturated heterocycles. The minimum atomic E-state index is -0.419. The molecule has 1 nitrogen and oxygen atoms in total. The van der Waals surface area contributed by atoms with E-state index in [1.807, 2.05) is 12.1 Å². The molecule has 0 radical (unpaired) electrons. The Labute approximate surface area is 131 Å². The molecule has 0 saturated carbocycles. The van der Waals surface area contributed by atoms with Crippen LogP contribution in [0.2, 0.25) is 5.02 Å². The molecule has 0 fully saturated rings. The average molecular weight is 355 g/mol. The van der Waals surface area contributed by atoms with Crippen molar-refractivity contribution in [3.05, 3.63) is 68.4 Å². The van der Waals surface area contributed by atoms with Gasteiger partial charge in [-0.15, -0.1) is 0 Å². The van der Waals surface area contributed by atoms with Crippen molar-refractivity contribution in [1.82, 2.24) is 0 Å². The van der Waals surface area contributed by atoms with Crippen LogP contribution in [0.25, 0.3) is 0 Å². The van der Waals surface area contributed by atoms with Gasteiger partial charge in [-0.25, -0.2) is 4.39 Å². The number of nitrogens with two attached hydrogens (primary N) is 1. The Morgan fingerprint density at radius 3 is 2.80 bits per heavy atom. The number of fused-ring (bicyclic) bond motifs is 1. The van der Waals surface area contributed by atoms with E-state index in [1.165, 1.54) is 11.1 Å². The lowest BCUT2D eigenvalue weighted by Gasteiger charge is -2.22. The topological polar surface area (TPSA) is 26.0 Å². The lowest BCUT2D eigenvalue weighted by Crippen LogP contribution is -2.19. The first kappa shape index (κ1) is 14.1. The number of halogens is 3. The fourth-order valence-electron chi connectivity index (χ4n) is 2.98. The summed E-state index contributed by atoms with van der Waals surface area (Å²) in [7, 11) is 0. The molecule has 1 aliphatic carbocycles. The van der Waals surface area contributed by atoms with Crippen molar-refractivity contribution in [2.75, 3.05) is 0 Å². The Hall–Kier alpha value is -0.900. The maximum atomic E-state index is 14.3. The zero-order chi connectivity index (χ0) is 14.3. The summed E-state index contributed by atoms with van der Waals surface area (Å²) in [5.41, 5.74) is 9.36. The third-order valence-electron chi connectivity index (χ3n) is 4.04. The predicted octanol–water partition coefficient (Wildman–Crippen LogP) is 4.97. The van der Waals surface area contributed by atoms with E-state index in [1.54, 1.807) is 12.1 Å². The van der Waals surface area contributed by atoms with Gasteiger partial charge in [0.2, 0.25) is 0 Å². The summed E-state index contributed by atoms with van der Waals surface area (Å²) in [5.74, 6) is -0.268. The van der Waals surface area contributed by atoms with E-state index >= 15 is 0 Å². The van der Waals surface area contributed by atoms with Crippen LogP contribution in [-0.2, 0) is 6.42 Å². The van der Waals surface area contributed by atoms with Crippen LogP contribution >= 0.6 is 27.5 Å². The van der Waals surface area contributed by atoms with E-state index in [4.69, 9.17) is 17.3 Å². The highest BCUT2D eigenvalue weighted by Crippen LogP contribution is 2.42. The van der Waals surface area contributed by atoms with Gasteiger partial charge >= 0.3 is 0 Å². The molecular formula is C16H14BrClFN. The first-order valence-electron chi connectivity index (χ1n) is 6.56. The number of rotatable bonds is 2. The van der Waals surface area contributed by atoms with Gasteiger partial charge in [0.05, 0.1) is 5.02 Å². The molecule has 0 spiro atoms. The molecule has 3 rings (SSSR count). The quantitative estimate of drug-likeness (QED) is 0.757. The fraction of sp³-hybridized carbons (Fsp3) is 0.250. The van der Waals surface area contributed by atoms with Gasteiger partial charge < -0.3 is 5.73 Å². The summed E-state index contributed by atoms with van der Waals surface area (Å²) in [4.78, 5) is 0. The number of hydrogen-bond donors (Lipinski definition) is 1. The standard InChI is InChI=1S/C16H14BrClFN/c17-13-8-7-12(15(19)14(13)18)16(20)11-6-5-9-3-1-2-4-10(9)11/h1-4,7-8,11,16H,5-6,20H2. The lowest BCUT2D eigenvalue weighted by molar-refractivity contribution is 0.513. The molecule has 4 heteroatoms. The molecule has 0 heterocycles. The minimum absolute atomic E-state index is 0.101. The second-order valence-electron chi connectivity index (χ2n) is 5.13. The Bertz CT molecular complexity index is 659. The molecule has 2 unspecified atom stereocenters. The summed E-state index contributed by atoms with van der Waals surface area (Å²) in [6.45, 7) is 0. The van der Waals surface area contributed by atoms with Crippen molar-refractivity contribution in [1.29, 1.82) is 0 Å². The van der Waals surface area contributed by atoms with Crippen LogP contribution in [0.4, 0.5) is 4.39 Å². The van der Waals surface area contributed by atoms with Gasteiger partial charge in [-0.2, -0.15) is 0 Å². The second kappa shape index (κ2) is 5.47. The van der Waals surface area contributed by atoms with E-state index in [0.29, 0.717) is 10.0 Å². The predicted molar refractivity (Wildman–Crippen MR) is 83.5 cm³/mol. The Morgan fingerprint density at radius 2 is 2.00 bits per heavy atom. The molecular weight excluding hydrogens is 341 g/mol. The van der Waals surface area contributed by atoms with Gasteiger partial charge in [0.1, 0.15) is 5.82 Å². The number of benzene rings is 2. The molecule has 0 aliphatic heterocycles. The summed E-state index contributed by atoms with van der Waals surface area (Å²) in [6, 6.07) is 11.3. The van der Waals surface area contributed by atoms with Crippen LogP contribution < -0.4 is 5.73 Å². The Morgan fingerprint density at radius 1 is 1.25 bits per heavy atom. The summed E-state index contributed by atoms with van der Waals surface area (Å²) in [6.07, 6.45) is 1.95. The lowest BCUT2D eigenvalue weighted by atomic mass is 9.89. The average Bonchev–Trinajstić information content (AvgIpc) is 2.88. The summed E-state index contributed by atoms with van der Waals surface area (Å²) < 4.78 is 14.9. The van der Waals surface area contributed by atoms with Crippen molar-refractivity contribution in [2.45, 2.75) is 24.8 Å². The van der Waals surface area contributed by atoms with Crippen molar-refractivity contribution >= 4 is 27.5 Å². The van der Waals surface area contributed by atoms with Gasteiger partial charge in [0.25, 0.3) is 0 Å². The van der Waals surface area contributed by atoms with E-state index in [9.17, 15) is 4.39 Å². The highest BCUT2D eigenvalue weighted by molar-refractivity contribution is 9.10. The number of aryl methyl sites for hydroxylation is 1. The molecule has 2 N–H and O–H groups in total. The van der Waals surface area contributed by atoms with Crippen LogP contribution in [0.3, 0.4) is 0 Å². The SMILES string of the molecule is NC(c1ccc(Br)c(Cl)c1F)C1CCc2ccccc21. The van der Waals surface area contributed by atoms with Crippen molar-refractivity contribution in [2.24, 2.45) is 5.73 Å². The van der Waals surface area contributed by atoms with E-state index in [-0.39, 0.29) is 17.0 Å². The molecule has 20 heavy (non-hydrogen) atoms. The molecule has 2 aromatic rings. The zero-order valence-electron chi connectivity index (χ0n) is 10.7. The third-order valence-corrected chi connectivity index (χ3v) is 5.30. The molecule has 2 atom stereocenters. The van der Waals surface area contributed by atoms with Crippen LogP contribution in [0.15, 0.2) is 40.9 Å². The molecule has 1 aliphatic rings. The smallest absolute Gasteiger partial charge is 0.147 e. The summed E-state index contributed by atoms with van der Waals surface area (Å²) >= 11 is 9.18. The normalized spacial score (nSPS) is 18.9. The Kier molecular flexibility index (Phi) is 3.85. The fourth-order valence-corrected chi connectivity index (χ4v) is 3.46. The van der Waals surface area contributed by atoms with Gasteiger partial charge in [-0.3, -0.25) is 0 Å². The molecule has 104 valence electrons. The molecule has 2 aromatic carbocycles. The highest BCUT2D eigenvalue weighted by Gasteiger charge is 2.30. The van der Waals surface area contributed by atoms with Gasteiger partial charge in [0.15, 0.2) is 0 Å². The number of hydrogen-bond acceptors (Lipinski definition) is 1. The van der Waals surface area contributed by atoms with E-state index in [2.05, 4.69) is 28.1 Å². The van der Waals surface area contributed by atoms with E-state index in [0.717, 1.165) is 12.8 Å². The van der Waals surface area contributed by atoms with Crippen molar-refractivity contribution in [3.63, 3.8) is 0 Å². The largest absolute Gasteiger partial charge is 0.323 e. The van der Waals surface area contributed by atoms with Crippen LogP contribution in [0, 0.1) is 5.82 Å². The first-order chi connectivity index (χ1) is 9.59.